The lowest BCUT2D eigenvalue weighted by atomic mass is 9.95. The fraction of sp³-hybridized carbons (Fsp3) is 0.917. The molecule has 2 aliphatic heterocycles. The highest BCUT2D eigenvalue weighted by atomic mass is 16.5. The molecule has 5 heteroatoms. The van der Waals surface area contributed by atoms with Crippen LogP contribution in [0.25, 0.3) is 0 Å². The molecule has 17 heavy (non-hydrogen) atoms. The predicted octanol–water partition coefficient (Wildman–Crippen LogP) is 0.134. The highest BCUT2D eigenvalue weighted by Crippen LogP contribution is 2.13. The Morgan fingerprint density at radius 1 is 1.35 bits per heavy atom. The van der Waals surface area contributed by atoms with Gasteiger partial charge in [0.05, 0.1) is 25.9 Å². The van der Waals surface area contributed by atoms with Crippen molar-refractivity contribution in [2.24, 2.45) is 11.7 Å². The maximum Gasteiger partial charge on any atom is 0.175 e. The molecule has 2 saturated heterocycles. The van der Waals surface area contributed by atoms with E-state index in [-0.39, 0.29) is 25.8 Å². The zero-order valence-electron chi connectivity index (χ0n) is 10.9. The van der Waals surface area contributed by atoms with Gasteiger partial charge in [-0.15, -0.1) is 0 Å². The number of morpholine rings is 1. The standard InChI is InChI=1S/C10H18N2O3.C2H6.H2/c11-10-8(6-15-7-9(10)13)5-12-1-3-14-4-2-12;1-2;/h8,10H,1-7,11H2;1-2H3;1H. The molecule has 2 rings (SSSR count). The molecular formula is C12H26N2O3. The molecule has 0 aliphatic carbocycles. The van der Waals surface area contributed by atoms with Gasteiger partial charge in [0.15, 0.2) is 5.78 Å². The fourth-order valence-electron chi connectivity index (χ4n) is 2.06. The monoisotopic (exact) mass is 246 g/mol. The van der Waals surface area contributed by atoms with E-state index < -0.39 is 0 Å². The fourth-order valence-corrected chi connectivity index (χ4v) is 2.06. The summed E-state index contributed by atoms with van der Waals surface area (Å²) in [5.74, 6) is 0.170. The first kappa shape index (κ1) is 14.6. The molecule has 2 aliphatic rings. The first-order valence-electron chi connectivity index (χ1n) is 6.43. The van der Waals surface area contributed by atoms with Gasteiger partial charge in [-0.3, -0.25) is 9.69 Å². The van der Waals surface area contributed by atoms with Gasteiger partial charge >= 0.3 is 0 Å². The number of nitrogens with zero attached hydrogens (tertiary/aromatic N) is 1. The Balaban J connectivity index is 0.000000917. The van der Waals surface area contributed by atoms with Crippen LogP contribution in [0.15, 0.2) is 0 Å². The molecule has 2 fully saturated rings. The van der Waals surface area contributed by atoms with E-state index in [4.69, 9.17) is 15.2 Å². The van der Waals surface area contributed by atoms with Crippen LogP contribution < -0.4 is 5.73 Å². The molecule has 0 radical (unpaired) electrons. The van der Waals surface area contributed by atoms with Gasteiger partial charge < -0.3 is 15.2 Å². The van der Waals surface area contributed by atoms with Gasteiger partial charge in [-0.1, -0.05) is 13.8 Å². The average Bonchev–Trinajstić information content (AvgIpc) is 2.39. The molecule has 5 nitrogen and oxygen atoms in total. The quantitative estimate of drug-likeness (QED) is 0.750. The van der Waals surface area contributed by atoms with Gasteiger partial charge in [0, 0.05) is 27.0 Å². The Kier molecular flexibility index (Phi) is 6.65. The third-order valence-corrected chi connectivity index (χ3v) is 3.05. The van der Waals surface area contributed by atoms with Crippen LogP contribution in [-0.2, 0) is 14.3 Å². The second-order valence-electron chi connectivity index (χ2n) is 4.18. The number of nitrogens with two attached hydrogens (primary N) is 1. The number of carbonyl (C=O) groups is 1. The van der Waals surface area contributed by atoms with Gasteiger partial charge in [-0.05, 0) is 0 Å². The van der Waals surface area contributed by atoms with E-state index in [9.17, 15) is 4.79 Å². The lowest BCUT2D eigenvalue weighted by Gasteiger charge is -2.34. The van der Waals surface area contributed by atoms with Crippen molar-refractivity contribution in [3.63, 3.8) is 0 Å². The Morgan fingerprint density at radius 3 is 2.65 bits per heavy atom. The van der Waals surface area contributed by atoms with E-state index in [0.717, 1.165) is 32.8 Å². The number of carbonyl (C=O) groups excluding carboxylic acids is 1. The summed E-state index contributed by atoms with van der Waals surface area (Å²) in [5.41, 5.74) is 5.85. The summed E-state index contributed by atoms with van der Waals surface area (Å²) >= 11 is 0. The Labute approximate surface area is 105 Å². The molecule has 0 aromatic rings. The molecule has 0 amide bonds. The van der Waals surface area contributed by atoms with Crippen LogP contribution in [-0.4, -0.2) is 62.8 Å². The van der Waals surface area contributed by atoms with E-state index in [1.165, 1.54) is 0 Å². The molecular weight excluding hydrogens is 220 g/mol. The van der Waals surface area contributed by atoms with Crippen molar-refractivity contribution in [3.05, 3.63) is 0 Å². The van der Waals surface area contributed by atoms with Crippen molar-refractivity contribution in [2.45, 2.75) is 19.9 Å². The first-order valence-corrected chi connectivity index (χ1v) is 6.43. The predicted molar refractivity (Wildman–Crippen MR) is 68.0 cm³/mol. The van der Waals surface area contributed by atoms with Crippen molar-refractivity contribution >= 4 is 5.78 Å². The minimum atomic E-state index is -0.346. The Bertz CT molecular complexity index is 235. The second kappa shape index (κ2) is 7.76. The largest absolute Gasteiger partial charge is 0.379 e. The van der Waals surface area contributed by atoms with Crippen molar-refractivity contribution in [1.29, 1.82) is 0 Å². The second-order valence-corrected chi connectivity index (χ2v) is 4.18. The van der Waals surface area contributed by atoms with Crippen molar-refractivity contribution in [1.82, 2.24) is 4.90 Å². The molecule has 2 heterocycles. The maximum absolute atomic E-state index is 11.4. The number of Topliss-reactive ketones (excluding diaryl/α,β-unsaturated/α-hetero) is 1. The Hall–Kier alpha value is -0.490. The summed E-state index contributed by atoms with van der Waals surface area (Å²) in [6.07, 6.45) is 0. The Morgan fingerprint density at radius 2 is 2.00 bits per heavy atom. The minimum Gasteiger partial charge on any atom is -0.379 e. The molecule has 102 valence electrons. The summed E-state index contributed by atoms with van der Waals surface area (Å²) in [4.78, 5) is 13.6. The van der Waals surface area contributed by atoms with Gasteiger partial charge in [0.25, 0.3) is 0 Å². The third-order valence-electron chi connectivity index (χ3n) is 3.05. The average molecular weight is 246 g/mol. The van der Waals surface area contributed by atoms with Gasteiger partial charge in [0.1, 0.15) is 6.61 Å². The van der Waals surface area contributed by atoms with E-state index >= 15 is 0 Å². The maximum atomic E-state index is 11.4. The lowest BCUT2D eigenvalue weighted by molar-refractivity contribution is -0.132. The molecule has 0 aromatic carbocycles. The van der Waals surface area contributed by atoms with Gasteiger partial charge in [0.2, 0.25) is 0 Å². The van der Waals surface area contributed by atoms with E-state index in [0.29, 0.717) is 6.61 Å². The molecule has 2 N–H and O–H groups in total. The van der Waals surface area contributed by atoms with Gasteiger partial charge in [-0.2, -0.15) is 0 Å². The lowest BCUT2D eigenvalue weighted by Crippen LogP contribution is -2.52. The highest BCUT2D eigenvalue weighted by Gasteiger charge is 2.31. The number of hydrogen-bond donors (Lipinski definition) is 1. The number of hydrogen-bond acceptors (Lipinski definition) is 5. The van der Waals surface area contributed by atoms with Crippen molar-refractivity contribution in [3.8, 4) is 0 Å². The van der Waals surface area contributed by atoms with Crippen LogP contribution in [0.4, 0.5) is 0 Å². The van der Waals surface area contributed by atoms with Crippen molar-refractivity contribution < 1.29 is 15.7 Å². The van der Waals surface area contributed by atoms with Crippen LogP contribution in [0, 0.1) is 5.92 Å². The normalized spacial score (nSPS) is 30.6. The van der Waals surface area contributed by atoms with Crippen LogP contribution in [0.3, 0.4) is 0 Å². The summed E-state index contributed by atoms with van der Waals surface area (Å²) in [5, 5.41) is 0. The molecule has 2 atom stereocenters. The summed E-state index contributed by atoms with van der Waals surface area (Å²) < 4.78 is 10.5. The first-order chi connectivity index (χ1) is 8.27. The minimum absolute atomic E-state index is 0. The molecule has 0 spiro atoms. The van der Waals surface area contributed by atoms with Crippen LogP contribution in [0.1, 0.15) is 15.3 Å². The third kappa shape index (κ3) is 4.35. The number of rotatable bonds is 2. The summed E-state index contributed by atoms with van der Waals surface area (Å²) in [7, 11) is 0. The van der Waals surface area contributed by atoms with Crippen LogP contribution in [0.5, 0.6) is 0 Å². The topological polar surface area (TPSA) is 64.8 Å². The SMILES string of the molecule is CC.NC1C(=O)COCC1CN1CCOCC1.[HH]. The van der Waals surface area contributed by atoms with E-state index in [1.807, 2.05) is 13.8 Å². The van der Waals surface area contributed by atoms with Crippen LogP contribution >= 0.6 is 0 Å². The molecule has 0 saturated carbocycles. The smallest absolute Gasteiger partial charge is 0.175 e. The number of ether oxygens (including phenoxy) is 2. The van der Waals surface area contributed by atoms with E-state index in [1.54, 1.807) is 0 Å². The molecule has 2 unspecified atom stereocenters. The van der Waals surface area contributed by atoms with Gasteiger partial charge in [-0.25, -0.2) is 0 Å². The molecule has 0 aromatic heterocycles. The zero-order chi connectivity index (χ0) is 12.7. The molecule has 0 bridgehead atoms. The highest BCUT2D eigenvalue weighted by molar-refractivity contribution is 5.85. The van der Waals surface area contributed by atoms with Crippen LogP contribution in [0.2, 0.25) is 0 Å². The van der Waals surface area contributed by atoms with Crippen molar-refractivity contribution in [2.75, 3.05) is 46.1 Å². The van der Waals surface area contributed by atoms with E-state index in [2.05, 4.69) is 4.90 Å². The summed E-state index contributed by atoms with van der Waals surface area (Å²) in [6, 6.07) is -0.346. The number of ketones is 1. The zero-order valence-corrected chi connectivity index (χ0v) is 10.9. The summed E-state index contributed by atoms with van der Waals surface area (Å²) in [6.45, 7) is 9.03.